The second-order valence-electron chi connectivity index (χ2n) is 14.9. The van der Waals surface area contributed by atoms with Crippen molar-refractivity contribution in [3.63, 3.8) is 0 Å². The second-order valence-corrected chi connectivity index (χ2v) is 24.3. The summed E-state index contributed by atoms with van der Waals surface area (Å²) in [7, 11) is 1.19. The zero-order valence-electron chi connectivity index (χ0n) is 27.3. The van der Waals surface area contributed by atoms with Gasteiger partial charge in [0.2, 0.25) is 0 Å². The molecule has 8 rings (SSSR count). The third-order valence-electron chi connectivity index (χ3n) is 12.4. The first-order valence-electron chi connectivity index (χ1n) is 18.7. The van der Waals surface area contributed by atoms with E-state index in [1.165, 1.54) is 163 Å². The van der Waals surface area contributed by atoms with Crippen LogP contribution < -0.4 is 0 Å². The molecule has 0 bridgehead atoms. The summed E-state index contributed by atoms with van der Waals surface area (Å²) in [6.45, 7) is 9.36. The summed E-state index contributed by atoms with van der Waals surface area (Å²) >= 11 is 4.55. The fourth-order valence-corrected chi connectivity index (χ4v) is 9.68. The Labute approximate surface area is 296 Å². The topological polar surface area (TPSA) is 56.4 Å². The monoisotopic (exact) mass is 862 g/mol. The Bertz CT molecular complexity index is 486. The first-order valence-corrected chi connectivity index (χ1v) is 25.8. The van der Waals surface area contributed by atoms with Crippen LogP contribution in [0.15, 0.2) is 0 Å². The van der Waals surface area contributed by atoms with Crippen molar-refractivity contribution in [1.29, 1.82) is 0 Å². The maximum atomic E-state index is 4.46. The number of halogens is 2. The molecule has 4 heterocycles. The van der Waals surface area contributed by atoms with Gasteiger partial charge in [0.05, 0.1) is 0 Å². The van der Waals surface area contributed by atoms with Gasteiger partial charge < -0.3 is 21.3 Å². The Kier molecular flexibility index (Phi) is 20.3. The van der Waals surface area contributed by atoms with Gasteiger partial charge in [0.1, 0.15) is 0 Å². The molecule has 4 aliphatic carbocycles. The minimum absolute atomic E-state index is 0.988. The molecular weight excluding hydrogens is 798 g/mol. The Morgan fingerprint density at radius 2 is 0.488 bits per heavy atom. The number of piperidine rings is 4. The molecule has 8 aliphatic rings. The van der Waals surface area contributed by atoms with Gasteiger partial charge in [-0.2, -0.15) is 0 Å². The van der Waals surface area contributed by atoms with E-state index in [9.17, 15) is 0 Å². The summed E-state index contributed by atoms with van der Waals surface area (Å²) in [5.41, 5.74) is 0. The van der Waals surface area contributed by atoms with Crippen LogP contribution in [0.5, 0.6) is 0 Å². The number of rotatable bonds is 0. The summed E-state index contributed by atoms with van der Waals surface area (Å²) in [4.78, 5) is 0. The number of fused-ring (bicyclic) bond motifs is 4. The van der Waals surface area contributed by atoms with Gasteiger partial charge >= 0.3 is 49.1 Å². The fraction of sp³-hybridized carbons (Fsp3) is 1.00. The van der Waals surface area contributed by atoms with Crippen LogP contribution in [0.2, 0.25) is 0 Å². The fourth-order valence-electron chi connectivity index (χ4n) is 9.68. The molecule has 43 heavy (non-hydrogen) atoms. The molecule has 0 radical (unpaired) electrons. The van der Waals surface area contributed by atoms with E-state index in [2.05, 4.69) is 62.0 Å². The van der Waals surface area contributed by atoms with Crippen LogP contribution in [-0.2, 0) is 8.46 Å². The van der Waals surface area contributed by atoms with Crippen LogP contribution in [0, 0.1) is 47.3 Å². The zero-order chi connectivity index (χ0) is 30.0. The van der Waals surface area contributed by atoms with E-state index in [1.807, 2.05) is 0 Å². The van der Waals surface area contributed by atoms with Gasteiger partial charge in [-0.05, 0) is 23.7 Å². The van der Waals surface area contributed by atoms with Crippen molar-refractivity contribution in [2.24, 2.45) is 47.3 Å². The van der Waals surface area contributed by atoms with E-state index in [1.54, 1.807) is 0 Å². The third-order valence-corrected chi connectivity index (χ3v) is 12.4. The van der Waals surface area contributed by atoms with E-state index in [-0.39, 0.29) is 0 Å². The quantitative estimate of drug-likeness (QED) is 0.172. The van der Waals surface area contributed by atoms with Gasteiger partial charge in [0.15, 0.2) is 0 Å². The third kappa shape index (κ3) is 14.1. The van der Waals surface area contributed by atoms with Crippen LogP contribution >= 0.6 is 40.7 Å². The van der Waals surface area contributed by atoms with Crippen LogP contribution in [0.1, 0.15) is 128 Å². The van der Waals surface area contributed by atoms with E-state index in [0.29, 0.717) is 0 Å². The van der Waals surface area contributed by atoms with Gasteiger partial charge in [-0.25, -0.2) is 0 Å². The van der Waals surface area contributed by atoms with E-state index in [0.717, 1.165) is 73.5 Å². The molecule has 4 saturated heterocycles. The van der Waals surface area contributed by atoms with Gasteiger partial charge in [-0.1, -0.05) is 152 Å². The predicted octanol–water partition coefficient (Wildman–Crippen LogP) is 12.0. The minimum atomic E-state index is 0.988. The van der Waals surface area contributed by atoms with Crippen LogP contribution in [0.25, 0.3) is 21.3 Å². The Morgan fingerprint density at radius 1 is 0.302 bits per heavy atom. The second kappa shape index (κ2) is 23.2. The SMILES string of the molecule is C1CCC2C[N-]CCC2C1.C1CCC2C[N-]CCC2C1.C1CCC2C[N-]CCC2C1.C1CCC2C[N-]CCC2C1.[I][Fe][I]. The van der Waals surface area contributed by atoms with Crippen LogP contribution in [0.3, 0.4) is 0 Å². The van der Waals surface area contributed by atoms with Crippen LogP contribution in [-0.4, -0.2) is 52.4 Å². The summed E-state index contributed by atoms with van der Waals surface area (Å²) in [5.74, 6) is 8.20. The summed E-state index contributed by atoms with van der Waals surface area (Å²) in [6, 6.07) is 0. The average Bonchev–Trinajstić information content (AvgIpc) is 3.10. The van der Waals surface area contributed by atoms with Crippen molar-refractivity contribution in [1.82, 2.24) is 0 Å². The molecule has 0 aromatic carbocycles. The van der Waals surface area contributed by atoms with Gasteiger partial charge in [0, 0.05) is 0 Å². The number of hydrogen-bond acceptors (Lipinski definition) is 0. The number of nitrogens with zero attached hydrogens (tertiary/aromatic N) is 4. The van der Waals surface area contributed by atoms with Crippen molar-refractivity contribution >= 4 is 40.7 Å². The first-order chi connectivity index (χ1) is 21.3. The maximum absolute atomic E-state index is 4.46. The van der Waals surface area contributed by atoms with Crippen molar-refractivity contribution in [3.8, 4) is 0 Å². The number of hydrogen-bond donors (Lipinski definition) is 0. The zero-order valence-corrected chi connectivity index (χ0v) is 32.7. The molecule has 8 unspecified atom stereocenters. The molecular formula is C36H64FeI2N4-4. The summed E-state index contributed by atoms with van der Waals surface area (Å²) < 4.78 is 0. The van der Waals surface area contributed by atoms with Crippen molar-refractivity contribution in [3.05, 3.63) is 21.3 Å². The normalized spacial score (nSPS) is 38.5. The van der Waals surface area contributed by atoms with E-state index in [4.69, 9.17) is 0 Å². The van der Waals surface area contributed by atoms with Gasteiger partial charge in [-0.15, -0.1) is 52.4 Å². The average molecular weight is 863 g/mol. The Hall–Kier alpha value is 1.82. The Balaban J connectivity index is 0.000000127. The van der Waals surface area contributed by atoms with Gasteiger partial charge in [0.25, 0.3) is 0 Å². The van der Waals surface area contributed by atoms with Crippen molar-refractivity contribution in [2.45, 2.75) is 128 Å². The predicted molar refractivity (Wildman–Crippen MR) is 201 cm³/mol. The first kappa shape index (κ1) is 37.6. The Morgan fingerprint density at radius 3 is 0.674 bits per heavy atom. The molecule has 254 valence electrons. The van der Waals surface area contributed by atoms with Crippen molar-refractivity contribution in [2.75, 3.05) is 52.4 Å². The summed E-state index contributed by atoms with van der Waals surface area (Å²) in [6.07, 6.45) is 29.3. The molecule has 8 fully saturated rings. The summed E-state index contributed by atoms with van der Waals surface area (Å²) in [5, 5.41) is 17.8. The standard InChI is InChI=1S/4C9H16N.Fe.2HI/c4*1-2-4-9-7-10-6-5-8(9)3-1;;;/h4*8-9H,1-7H2;;2*1H/q4*-1;+2;;/p-2. The molecule has 4 nitrogen and oxygen atoms in total. The van der Waals surface area contributed by atoms with E-state index < -0.39 is 0 Å². The molecule has 0 amide bonds. The molecule has 4 aliphatic heterocycles. The molecule has 0 spiro atoms. The molecule has 4 saturated carbocycles. The molecule has 7 heteroatoms. The molecule has 8 atom stereocenters. The van der Waals surface area contributed by atoms with Crippen LogP contribution in [0.4, 0.5) is 0 Å². The molecule has 0 N–H and O–H groups in total. The van der Waals surface area contributed by atoms with Gasteiger partial charge in [-0.3, -0.25) is 0 Å². The molecule has 0 aromatic heterocycles. The molecule has 0 aromatic rings. The van der Waals surface area contributed by atoms with E-state index >= 15 is 0 Å². The van der Waals surface area contributed by atoms with Crippen molar-refractivity contribution < 1.29 is 8.46 Å².